The third kappa shape index (κ3) is 2.69. The van der Waals surface area contributed by atoms with Gasteiger partial charge in [0.2, 0.25) is 0 Å². The summed E-state index contributed by atoms with van der Waals surface area (Å²) < 4.78 is 0. The number of carboxylic acids is 1. The van der Waals surface area contributed by atoms with Crippen LogP contribution in [-0.2, 0) is 4.79 Å². The number of piperidine rings is 1. The highest BCUT2D eigenvalue weighted by molar-refractivity contribution is 5.75. The van der Waals surface area contributed by atoms with Crippen LogP contribution in [0.4, 0.5) is 0 Å². The standard InChI is InChI=1S/C14H26N2O2/c1-3-6-14(13(17)18)7-4-8-16(11-14)12-5-9-15(2)10-12/h12H,3-11H2,1-2H3,(H,17,18). The molecule has 2 saturated heterocycles. The van der Waals surface area contributed by atoms with E-state index in [1.54, 1.807) is 0 Å². The molecule has 0 spiro atoms. The lowest BCUT2D eigenvalue weighted by molar-refractivity contribution is -0.153. The van der Waals surface area contributed by atoms with Crippen LogP contribution >= 0.6 is 0 Å². The van der Waals surface area contributed by atoms with E-state index < -0.39 is 11.4 Å². The molecule has 1 N–H and O–H groups in total. The van der Waals surface area contributed by atoms with Gasteiger partial charge in [-0.05, 0) is 45.8 Å². The minimum atomic E-state index is -0.583. The van der Waals surface area contributed by atoms with Crippen molar-refractivity contribution >= 4 is 5.97 Å². The predicted molar refractivity (Wildman–Crippen MR) is 71.7 cm³/mol. The Morgan fingerprint density at radius 1 is 1.44 bits per heavy atom. The summed E-state index contributed by atoms with van der Waals surface area (Å²) in [5.41, 5.74) is -0.478. The molecule has 4 heteroatoms. The number of likely N-dealkylation sites (tertiary alicyclic amines) is 2. The summed E-state index contributed by atoms with van der Waals surface area (Å²) in [7, 11) is 2.15. The molecule has 0 bridgehead atoms. The van der Waals surface area contributed by atoms with E-state index in [2.05, 4.69) is 23.8 Å². The van der Waals surface area contributed by atoms with Crippen LogP contribution < -0.4 is 0 Å². The zero-order valence-corrected chi connectivity index (χ0v) is 11.7. The molecule has 2 rings (SSSR count). The molecule has 104 valence electrons. The SMILES string of the molecule is CCCC1(C(=O)O)CCCN(C2CCN(C)C2)C1. The van der Waals surface area contributed by atoms with E-state index in [4.69, 9.17) is 0 Å². The van der Waals surface area contributed by atoms with Gasteiger partial charge in [0.25, 0.3) is 0 Å². The topological polar surface area (TPSA) is 43.8 Å². The van der Waals surface area contributed by atoms with E-state index in [0.717, 1.165) is 51.9 Å². The van der Waals surface area contributed by atoms with Gasteiger partial charge in [0.05, 0.1) is 5.41 Å². The van der Waals surface area contributed by atoms with Crippen molar-refractivity contribution < 1.29 is 9.90 Å². The second-order valence-corrected chi connectivity index (χ2v) is 6.11. The molecule has 2 fully saturated rings. The van der Waals surface area contributed by atoms with Gasteiger partial charge in [-0.3, -0.25) is 9.69 Å². The quantitative estimate of drug-likeness (QED) is 0.828. The van der Waals surface area contributed by atoms with Crippen molar-refractivity contribution in [3.8, 4) is 0 Å². The number of carboxylic acid groups (broad SMARTS) is 1. The normalized spacial score (nSPS) is 34.9. The lowest BCUT2D eigenvalue weighted by Gasteiger charge is -2.42. The molecule has 2 atom stereocenters. The van der Waals surface area contributed by atoms with Crippen LogP contribution in [0.3, 0.4) is 0 Å². The van der Waals surface area contributed by atoms with Gasteiger partial charge in [-0.25, -0.2) is 0 Å². The van der Waals surface area contributed by atoms with Crippen molar-refractivity contribution in [2.45, 2.75) is 45.1 Å². The van der Waals surface area contributed by atoms with E-state index in [0.29, 0.717) is 6.04 Å². The molecule has 0 aliphatic carbocycles. The molecule has 2 aliphatic heterocycles. The van der Waals surface area contributed by atoms with Gasteiger partial charge in [0.1, 0.15) is 0 Å². The van der Waals surface area contributed by atoms with Crippen molar-refractivity contribution in [1.29, 1.82) is 0 Å². The number of nitrogens with zero attached hydrogens (tertiary/aromatic N) is 2. The lowest BCUT2D eigenvalue weighted by atomic mass is 9.76. The van der Waals surface area contributed by atoms with Crippen LogP contribution in [0.15, 0.2) is 0 Å². The predicted octanol–water partition coefficient (Wildman–Crippen LogP) is 1.66. The Labute approximate surface area is 110 Å². The first kappa shape index (κ1) is 13.8. The maximum absolute atomic E-state index is 11.7. The van der Waals surface area contributed by atoms with Crippen LogP contribution in [0.1, 0.15) is 39.0 Å². The molecule has 0 aromatic carbocycles. The van der Waals surface area contributed by atoms with Crippen LogP contribution in [0, 0.1) is 5.41 Å². The molecule has 0 saturated carbocycles. The van der Waals surface area contributed by atoms with E-state index in [9.17, 15) is 9.90 Å². The third-order valence-electron chi connectivity index (χ3n) is 4.67. The van der Waals surface area contributed by atoms with E-state index in [1.165, 1.54) is 6.42 Å². The molecule has 0 aromatic rings. The number of carbonyl (C=O) groups is 1. The monoisotopic (exact) mass is 254 g/mol. The minimum absolute atomic E-state index is 0.478. The highest BCUT2D eigenvalue weighted by Crippen LogP contribution is 2.36. The molecular formula is C14H26N2O2. The van der Waals surface area contributed by atoms with E-state index in [-0.39, 0.29) is 0 Å². The highest BCUT2D eigenvalue weighted by atomic mass is 16.4. The maximum Gasteiger partial charge on any atom is 0.310 e. The first-order valence-electron chi connectivity index (χ1n) is 7.23. The Balaban J connectivity index is 2.04. The fourth-order valence-corrected chi connectivity index (χ4v) is 3.65. The van der Waals surface area contributed by atoms with Gasteiger partial charge < -0.3 is 10.0 Å². The lowest BCUT2D eigenvalue weighted by Crippen LogP contribution is -2.51. The van der Waals surface area contributed by atoms with Gasteiger partial charge in [-0.1, -0.05) is 13.3 Å². The number of likely N-dealkylation sites (N-methyl/N-ethyl adjacent to an activating group) is 1. The molecule has 18 heavy (non-hydrogen) atoms. The highest BCUT2D eigenvalue weighted by Gasteiger charge is 2.43. The maximum atomic E-state index is 11.7. The fraction of sp³-hybridized carbons (Fsp3) is 0.929. The molecule has 2 unspecified atom stereocenters. The summed E-state index contributed by atoms with van der Waals surface area (Å²) in [6.07, 6.45) is 4.87. The van der Waals surface area contributed by atoms with Gasteiger partial charge >= 0.3 is 5.97 Å². The summed E-state index contributed by atoms with van der Waals surface area (Å²) in [5, 5.41) is 9.60. The van der Waals surface area contributed by atoms with Crippen molar-refractivity contribution in [1.82, 2.24) is 9.80 Å². The van der Waals surface area contributed by atoms with Gasteiger partial charge in [-0.2, -0.15) is 0 Å². The fourth-order valence-electron chi connectivity index (χ4n) is 3.65. The van der Waals surface area contributed by atoms with Crippen molar-refractivity contribution in [2.75, 3.05) is 33.2 Å². The first-order valence-corrected chi connectivity index (χ1v) is 7.23. The van der Waals surface area contributed by atoms with Gasteiger partial charge in [-0.15, -0.1) is 0 Å². The van der Waals surface area contributed by atoms with E-state index in [1.807, 2.05) is 0 Å². The average molecular weight is 254 g/mol. The summed E-state index contributed by atoms with van der Waals surface area (Å²) in [5.74, 6) is -0.583. The Bertz CT molecular complexity index is 304. The minimum Gasteiger partial charge on any atom is -0.481 e. The van der Waals surface area contributed by atoms with Crippen LogP contribution in [0.2, 0.25) is 0 Å². The van der Waals surface area contributed by atoms with Gasteiger partial charge in [0, 0.05) is 19.1 Å². The largest absolute Gasteiger partial charge is 0.481 e. The third-order valence-corrected chi connectivity index (χ3v) is 4.67. The summed E-state index contributed by atoms with van der Waals surface area (Å²) >= 11 is 0. The van der Waals surface area contributed by atoms with Crippen molar-refractivity contribution in [3.63, 3.8) is 0 Å². The van der Waals surface area contributed by atoms with Gasteiger partial charge in [0.15, 0.2) is 0 Å². The van der Waals surface area contributed by atoms with Crippen molar-refractivity contribution in [2.24, 2.45) is 5.41 Å². The summed E-state index contributed by atoms with van der Waals surface area (Å²) in [6, 6.07) is 0.575. The zero-order chi connectivity index (χ0) is 13.2. The van der Waals surface area contributed by atoms with Crippen LogP contribution in [0.5, 0.6) is 0 Å². The molecule has 2 aliphatic rings. The molecule has 4 nitrogen and oxygen atoms in total. The number of aliphatic carboxylic acids is 1. The van der Waals surface area contributed by atoms with E-state index >= 15 is 0 Å². The molecule has 0 radical (unpaired) electrons. The first-order chi connectivity index (χ1) is 8.57. The summed E-state index contributed by atoms with van der Waals surface area (Å²) in [4.78, 5) is 16.4. The smallest absolute Gasteiger partial charge is 0.310 e. The molecule has 0 aromatic heterocycles. The molecule has 0 amide bonds. The van der Waals surface area contributed by atoms with Crippen molar-refractivity contribution in [3.05, 3.63) is 0 Å². The van der Waals surface area contributed by atoms with Crippen LogP contribution in [0.25, 0.3) is 0 Å². The number of rotatable bonds is 4. The molecular weight excluding hydrogens is 228 g/mol. The summed E-state index contributed by atoms with van der Waals surface area (Å²) in [6.45, 7) is 6.18. The Hall–Kier alpha value is -0.610. The number of hydrogen-bond donors (Lipinski definition) is 1. The Kier molecular flexibility index (Phi) is 4.28. The zero-order valence-electron chi connectivity index (χ0n) is 11.7. The second-order valence-electron chi connectivity index (χ2n) is 6.11. The Morgan fingerprint density at radius 3 is 2.78 bits per heavy atom. The average Bonchev–Trinajstić information content (AvgIpc) is 2.76. The van der Waals surface area contributed by atoms with Crippen LogP contribution in [-0.4, -0.2) is 60.1 Å². The Morgan fingerprint density at radius 2 is 2.22 bits per heavy atom. The molecule has 2 heterocycles. The second kappa shape index (κ2) is 5.57. The number of hydrogen-bond acceptors (Lipinski definition) is 3.